The molecule has 1 heterocycles. The summed E-state index contributed by atoms with van der Waals surface area (Å²) in [5, 5.41) is 0. The van der Waals surface area contributed by atoms with Crippen LogP contribution in [0.25, 0.3) is 0 Å². The highest BCUT2D eigenvalue weighted by molar-refractivity contribution is 5.95. The highest BCUT2D eigenvalue weighted by Gasteiger charge is 2.34. The number of nitrogens with zero attached hydrogens (tertiary/aromatic N) is 1. The summed E-state index contributed by atoms with van der Waals surface area (Å²) in [6.07, 6.45) is -4.04. The molecular weight excluding hydrogens is 350 g/mol. The zero-order valence-electron chi connectivity index (χ0n) is 13.3. The van der Waals surface area contributed by atoms with Crippen molar-refractivity contribution in [1.82, 2.24) is 0 Å². The van der Waals surface area contributed by atoms with Crippen LogP contribution < -0.4 is 15.4 Å². The van der Waals surface area contributed by atoms with Gasteiger partial charge in [-0.2, -0.15) is 4.39 Å². The van der Waals surface area contributed by atoms with Crippen LogP contribution in [0.3, 0.4) is 0 Å². The van der Waals surface area contributed by atoms with Gasteiger partial charge in [0.15, 0.2) is 6.17 Å². The van der Waals surface area contributed by atoms with Gasteiger partial charge in [0.2, 0.25) is 5.91 Å². The second-order valence-electron chi connectivity index (χ2n) is 5.68. The van der Waals surface area contributed by atoms with Crippen molar-refractivity contribution in [3.63, 3.8) is 0 Å². The molecule has 7 heteroatoms. The molecule has 0 bridgehead atoms. The molecule has 2 unspecified atom stereocenters. The van der Waals surface area contributed by atoms with E-state index in [0.29, 0.717) is 5.69 Å². The Morgan fingerprint density at radius 2 is 1.80 bits per heavy atom. The Labute approximate surface area is 151 Å². The number of alkyl halides is 2. The summed E-state index contributed by atoms with van der Waals surface area (Å²) in [4.78, 5) is 13.9. The molecule has 0 fully saturated rings. The number of halogens is 3. The zero-order chi connectivity index (χ0) is 17.1. The standard InChI is InChI=1S/C18H18F2N2O2.ClH/c19-13-11-22(15-8-4-5-9-16(15)24-18(13)20)17(23)10-14(21)12-6-2-1-3-7-12;/h1-9,13-14,18H,10-11,21H2;1H/t13?,14-,18?;/m0./s1. The van der Waals surface area contributed by atoms with Crippen molar-refractivity contribution in [2.24, 2.45) is 5.73 Å². The maximum atomic E-state index is 13.9. The summed E-state index contributed by atoms with van der Waals surface area (Å²) >= 11 is 0. The second-order valence-corrected chi connectivity index (χ2v) is 5.68. The lowest BCUT2D eigenvalue weighted by molar-refractivity contribution is -0.119. The largest absolute Gasteiger partial charge is 0.455 e. The number of hydrogen-bond donors (Lipinski definition) is 1. The van der Waals surface area contributed by atoms with Crippen molar-refractivity contribution >= 4 is 24.0 Å². The molecule has 4 nitrogen and oxygen atoms in total. The summed E-state index contributed by atoms with van der Waals surface area (Å²) in [6.45, 7) is -0.404. The van der Waals surface area contributed by atoms with E-state index in [1.165, 1.54) is 11.0 Å². The van der Waals surface area contributed by atoms with Crippen molar-refractivity contribution in [3.8, 4) is 5.75 Å². The van der Waals surface area contributed by atoms with Crippen molar-refractivity contribution in [3.05, 3.63) is 60.2 Å². The molecule has 25 heavy (non-hydrogen) atoms. The van der Waals surface area contributed by atoms with Crippen LogP contribution in [-0.2, 0) is 4.79 Å². The normalized spacial score (nSPS) is 20.5. The molecule has 1 aliphatic heterocycles. The van der Waals surface area contributed by atoms with E-state index >= 15 is 0 Å². The first-order valence-electron chi connectivity index (χ1n) is 7.71. The Morgan fingerprint density at radius 1 is 1.16 bits per heavy atom. The van der Waals surface area contributed by atoms with Crippen LogP contribution in [0.2, 0.25) is 0 Å². The van der Waals surface area contributed by atoms with Crippen LogP contribution in [-0.4, -0.2) is 25.0 Å². The van der Waals surface area contributed by atoms with Gasteiger partial charge in [-0.3, -0.25) is 4.79 Å². The molecule has 3 rings (SSSR count). The average molecular weight is 369 g/mol. The molecule has 2 aromatic rings. The molecule has 0 saturated heterocycles. The second kappa shape index (κ2) is 8.27. The van der Waals surface area contributed by atoms with Gasteiger partial charge in [0.25, 0.3) is 6.36 Å². The number of ether oxygens (including phenoxy) is 1. The van der Waals surface area contributed by atoms with Gasteiger partial charge >= 0.3 is 0 Å². The molecule has 134 valence electrons. The summed E-state index contributed by atoms with van der Waals surface area (Å²) in [5.74, 6) is -0.231. The van der Waals surface area contributed by atoms with E-state index in [2.05, 4.69) is 0 Å². The number of carbonyl (C=O) groups is 1. The minimum Gasteiger partial charge on any atom is -0.455 e. The van der Waals surface area contributed by atoms with E-state index in [-0.39, 0.29) is 30.5 Å². The van der Waals surface area contributed by atoms with Crippen molar-refractivity contribution in [1.29, 1.82) is 0 Å². The Balaban J connectivity index is 0.00000225. The fourth-order valence-electron chi connectivity index (χ4n) is 2.68. The van der Waals surface area contributed by atoms with E-state index in [4.69, 9.17) is 10.5 Å². The van der Waals surface area contributed by atoms with Crippen LogP contribution in [0.5, 0.6) is 5.75 Å². The molecule has 3 atom stereocenters. The van der Waals surface area contributed by atoms with E-state index < -0.39 is 25.1 Å². The number of amides is 1. The van der Waals surface area contributed by atoms with Gasteiger partial charge < -0.3 is 15.4 Å². The maximum Gasteiger partial charge on any atom is 0.271 e. The molecule has 0 saturated carbocycles. The third-order valence-corrected chi connectivity index (χ3v) is 3.96. The number of para-hydroxylation sites is 2. The fraction of sp³-hybridized carbons (Fsp3) is 0.278. The molecule has 0 spiro atoms. The minimum absolute atomic E-state index is 0. The quantitative estimate of drug-likeness (QED) is 0.901. The fourth-order valence-corrected chi connectivity index (χ4v) is 2.68. The SMILES string of the molecule is Cl.N[C@@H](CC(=O)N1CC(F)C(F)Oc2ccccc21)c1ccccc1. The molecule has 2 N–H and O–H groups in total. The molecule has 0 radical (unpaired) electrons. The Morgan fingerprint density at radius 3 is 2.52 bits per heavy atom. The summed E-state index contributed by atoms with van der Waals surface area (Å²) < 4.78 is 32.6. The number of carbonyl (C=O) groups excluding carboxylic acids is 1. The van der Waals surface area contributed by atoms with Gasteiger partial charge in [-0.1, -0.05) is 42.5 Å². The molecule has 2 aromatic carbocycles. The Kier molecular flexibility index (Phi) is 6.33. The minimum atomic E-state index is -2.10. The van der Waals surface area contributed by atoms with Gasteiger partial charge in [-0.15, -0.1) is 12.4 Å². The Hall–Kier alpha value is -2.18. The van der Waals surface area contributed by atoms with E-state index in [0.717, 1.165) is 5.56 Å². The lowest BCUT2D eigenvalue weighted by Gasteiger charge is -2.24. The summed E-state index contributed by atoms with van der Waals surface area (Å²) in [5.41, 5.74) is 7.24. The van der Waals surface area contributed by atoms with Crippen molar-refractivity contribution in [2.75, 3.05) is 11.4 Å². The topological polar surface area (TPSA) is 55.6 Å². The molecule has 0 aromatic heterocycles. The van der Waals surface area contributed by atoms with Crippen LogP contribution in [0.1, 0.15) is 18.0 Å². The molecule has 0 aliphatic carbocycles. The Bertz CT molecular complexity index is 717. The van der Waals surface area contributed by atoms with Gasteiger partial charge in [0, 0.05) is 12.5 Å². The van der Waals surface area contributed by atoms with Gasteiger partial charge in [-0.25, -0.2) is 4.39 Å². The number of benzene rings is 2. The van der Waals surface area contributed by atoms with Crippen molar-refractivity contribution < 1.29 is 18.3 Å². The predicted molar refractivity (Wildman–Crippen MR) is 94.5 cm³/mol. The number of nitrogens with two attached hydrogens (primary N) is 1. The lowest BCUT2D eigenvalue weighted by atomic mass is 10.0. The first kappa shape index (κ1) is 19.1. The summed E-state index contributed by atoms with van der Waals surface area (Å²) in [6, 6.07) is 15.1. The monoisotopic (exact) mass is 368 g/mol. The van der Waals surface area contributed by atoms with Crippen LogP contribution in [0.15, 0.2) is 54.6 Å². The number of rotatable bonds is 3. The average Bonchev–Trinajstić information content (AvgIpc) is 2.72. The molecular formula is C18H19ClF2N2O2. The van der Waals surface area contributed by atoms with E-state index in [1.54, 1.807) is 18.2 Å². The third-order valence-electron chi connectivity index (χ3n) is 3.96. The van der Waals surface area contributed by atoms with Gasteiger partial charge in [0.1, 0.15) is 5.75 Å². The van der Waals surface area contributed by atoms with Gasteiger partial charge in [-0.05, 0) is 17.7 Å². The first-order chi connectivity index (χ1) is 11.6. The molecule has 1 amide bonds. The lowest BCUT2D eigenvalue weighted by Crippen LogP contribution is -2.39. The van der Waals surface area contributed by atoms with E-state index in [1.807, 2.05) is 30.3 Å². The highest BCUT2D eigenvalue weighted by atomic mass is 35.5. The first-order valence-corrected chi connectivity index (χ1v) is 7.71. The van der Waals surface area contributed by atoms with E-state index in [9.17, 15) is 13.6 Å². The van der Waals surface area contributed by atoms with Crippen LogP contribution >= 0.6 is 12.4 Å². The van der Waals surface area contributed by atoms with Gasteiger partial charge in [0.05, 0.1) is 12.2 Å². The summed E-state index contributed by atoms with van der Waals surface area (Å²) in [7, 11) is 0. The van der Waals surface area contributed by atoms with Crippen molar-refractivity contribution in [2.45, 2.75) is 25.0 Å². The predicted octanol–water partition coefficient (Wildman–Crippen LogP) is 3.56. The maximum absolute atomic E-state index is 13.9. The molecule has 1 aliphatic rings. The number of hydrogen-bond acceptors (Lipinski definition) is 3. The number of fused-ring (bicyclic) bond motifs is 1. The third kappa shape index (κ3) is 4.27. The van der Waals surface area contributed by atoms with Crippen LogP contribution in [0, 0.1) is 0 Å². The number of anilines is 1. The smallest absolute Gasteiger partial charge is 0.271 e. The highest BCUT2D eigenvalue weighted by Crippen LogP contribution is 2.34. The van der Waals surface area contributed by atoms with Crippen LogP contribution in [0.4, 0.5) is 14.5 Å². The zero-order valence-corrected chi connectivity index (χ0v) is 14.2.